The smallest absolute Gasteiger partial charge is 0.305 e. The third-order valence-corrected chi connectivity index (χ3v) is 2.24. The van der Waals surface area contributed by atoms with Crippen molar-refractivity contribution in [2.75, 3.05) is 6.61 Å². The lowest BCUT2D eigenvalue weighted by Gasteiger charge is -2.11. The van der Waals surface area contributed by atoms with E-state index in [1.54, 1.807) is 6.08 Å². The maximum absolute atomic E-state index is 10.9. The minimum Gasteiger partial charge on any atom is -0.466 e. The van der Waals surface area contributed by atoms with Gasteiger partial charge in [-0.1, -0.05) is 38.2 Å². The normalized spacial score (nSPS) is 13.4. The van der Waals surface area contributed by atoms with Gasteiger partial charge in [0.2, 0.25) is 0 Å². The summed E-state index contributed by atoms with van der Waals surface area (Å²) >= 11 is 0. The molecule has 0 N–H and O–H groups in total. The van der Waals surface area contributed by atoms with Crippen molar-refractivity contribution in [3.05, 3.63) is 24.3 Å². The Bertz CT molecular complexity index is 229. The lowest BCUT2D eigenvalue weighted by Crippen LogP contribution is -2.07. The highest BCUT2D eigenvalue weighted by Crippen LogP contribution is 2.14. The number of rotatable bonds is 7. The molecule has 0 aromatic carbocycles. The maximum atomic E-state index is 10.9. The van der Waals surface area contributed by atoms with Crippen molar-refractivity contribution in [3.63, 3.8) is 0 Å². The standard InChI is InChI=1S/C13H22O2/c1-5-7-11(3)10-12(4)8-9-15-13(14)6-2/h5,7,12H,1,6,8-10H2,2-4H3/b11-7+. The Balaban J connectivity index is 3.66. The van der Waals surface area contributed by atoms with E-state index in [4.69, 9.17) is 4.74 Å². The number of hydrogen-bond acceptors (Lipinski definition) is 2. The summed E-state index contributed by atoms with van der Waals surface area (Å²) in [5.41, 5.74) is 1.32. The number of carbonyl (C=O) groups is 1. The van der Waals surface area contributed by atoms with Gasteiger partial charge in [-0.2, -0.15) is 0 Å². The van der Waals surface area contributed by atoms with Crippen LogP contribution in [0.4, 0.5) is 0 Å². The van der Waals surface area contributed by atoms with Crippen LogP contribution < -0.4 is 0 Å². The van der Waals surface area contributed by atoms with Gasteiger partial charge in [0.1, 0.15) is 0 Å². The molecule has 2 heteroatoms. The first-order valence-electron chi connectivity index (χ1n) is 5.54. The lowest BCUT2D eigenvalue weighted by atomic mass is 9.99. The highest BCUT2D eigenvalue weighted by Gasteiger charge is 2.04. The van der Waals surface area contributed by atoms with E-state index in [1.807, 2.05) is 13.0 Å². The van der Waals surface area contributed by atoms with Crippen LogP contribution in [0, 0.1) is 5.92 Å². The first-order chi connectivity index (χ1) is 7.10. The van der Waals surface area contributed by atoms with Crippen molar-refractivity contribution in [2.45, 2.75) is 40.0 Å². The molecule has 0 aliphatic rings. The number of esters is 1. The fourth-order valence-electron chi connectivity index (χ4n) is 1.40. The molecule has 1 unspecified atom stereocenters. The van der Waals surface area contributed by atoms with Crippen molar-refractivity contribution >= 4 is 5.97 Å². The Morgan fingerprint density at radius 1 is 1.53 bits per heavy atom. The largest absolute Gasteiger partial charge is 0.466 e. The number of ether oxygens (including phenoxy) is 1. The molecule has 0 bridgehead atoms. The summed E-state index contributed by atoms with van der Waals surface area (Å²) in [5.74, 6) is 0.436. The Labute approximate surface area is 93.0 Å². The minimum atomic E-state index is -0.111. The molecule has 86 valence electrons. The molecule has 15 heavy (non-hydrogen) atoms. The lowest BCUT2D eigenvalue weighted by molar-refractivity contribution is -0.143. The van der Waals surface area contributed by atoms with E-state index in [0.717, 1.165) is 12.8 Å². The highest BCUT2D eigenvalue weighted by atomic mass is 16.5. The molecule has 2 nitrogen and oxygen atoms in total. The molecule has 0 saturated carbocycles. The van der Waals surface area contributed by atoms with E-state index in [1.165, 1.54) is 5.57 Å². The quantitative estimate of drug-likeness (QED) is 0.475. The molecule has 0 amide bonds. The second-order valence-corrected chi connectivity index (χ2v) is 3.92. The monoisotopic (exact) mass is 210 g/mol. The van der Waals surface area contributed by atoms with Gasteiger partial charge in [-0.25, -0.2) is 0 Å². The molecule has 0 spiro atoms. The molecule has 0 heterocycles. The van der Waals surface area contributed by atoms with Crippen molar-refractivity contribution < 1.29 is 9.53 Å². The van der Waals surface area contributed by atoms with E-state index in [0.29, 0.717) is 18.9 Å². The first-order valence-corrected chi connectivity index (χ1v) is 5.54. The van der Waals surface area contributed by atoms with Gasteiger partial charge in [0, 0.05) is 6.42 Å². The Kier molecular flexibility index (Phi) is 7.69. The van der Waals surface area contributed by atoms with Crippen LogP contribution in [0.25, 0.3) is 0 Å². The van der Waals surface area contributed by atoms with Gasteiger partial charge in [0.15, 0.2) is 0 Å². The summed E-state index contributed by atoms with van der Waals surface area (Å²) in [6, 6.07) is 0. The molecule has 0 fully saturated rings. The molecule has 0 saturated heterocycles. The topological polar surface area (TPSA) is 26.3 Å². The number of hydrogen-bond donors (Lipinski definition) is 0. The molecule has 0 rings (SSSR count). The Hall–Kier alpha value is -1.05. The Morgan fingerprint density at radius 2 is 2.20 bits per heavy atom. The van der Waals surface area contributed by atoms with Crippen LogP contribution in [-0.2, 0) is 9.53 Å². The summed E-state index contributed by atoms with van der Waals surface area (Å²) in [6.07, 6.45) is 6.25. The van der Waals surface area contributed by atoms with Crippen LogP contribution in [0.1, 0.15) is 40.0 Å². The summed E-state index contributed by atoms with van der Waals surface area (Å²) in [4.78, 5) is 10.9. The van der Waals surface area contributed by atoms with E-state index >= 15 is 0 Å². The van der Waals surface area contributed by atoms with Crippen molar-refractivity contribution in [3.8, 4) is 0 Å². The summed E-state index contributed by atoms with van der Waals surface area (Å²) in [6.45, 7) is 10.3. The molecular formula is C13H22O2. The molecular weight excluding hydrogens is 188 g/mol. The number of allylic oxidation sites excluding steroid dienone is 3. The fraction of sp³-hybridized carbons (Fsp3) is 0.615. The average Bonchev–Trinajstić information content (AvgIpc) is 2.17. The van der Waals surface area contributed by atoms with Crippen LogP contribution in [0.15, 0.2) is 24.3 Å². The highest BCUT2D eigenvalue weighted by molar-refractivity contribution is 5.68. The van der Waals surface area contributed by atoms with Gasteiger partial charge in [-0.3, -0.25) is 4.79 Å². The molecule has 1 atom stereocenters. The summed E-state index contributed by atoms with van der Waals surface area (Å²) in [7, 11) is 0. The van der Waals surface area contributed by atoms with E-state index in [9.17, 15) is 4.79 Å². The fourth-order valence-corrected chi connectivity index (χ4v) is 1.40. The van der Waals surface area contributed by atoms with Crippen molar-refractivity contribution in [1.29, 1.82) is 0 Å². The second-order valence-electron chi connectivity index (χ2n) is 3.92. The molecule has 0 radical (unpaired) electrons. The summed E-state index contributed by atoms with van der Waals surface area (Å²) < 4.78 is 5.02. The van der Waals surface area contributed by atoms with E-state index < -0.39 is 0 Å². The first kappa shape index (κ1) is 13.9. The zero-order valence-electron chi connectivity index (χ0n) is 10.1. The van der Waals surface area contributed by atoms with Crippen LogP contribution in [-0.4, -0.2) is 12.6 Å². The molecule has 0 aliphatic heterocycles. The third kappa shape index (κ3) is 7.98. The number of carbonyl (C=O) groups excluding carboxylic acids is 1. The van der Waals surface area contributed by atoms with Crippen LogP contribution in [0.5, 0.6) is 0 Å². The third-order valence-electron chi connectivity index (χ3n) is 2.24. The molecule has 0 aliphatic carbocycles. The van der Waals surface area contributed by atoms with Gasteiger partial charge in [-0.15, -0.1) is 0 Å². The van der Waals surface area contributed by atoms with Gasteiger partial charge in [0.25, 0.3) is 0 Å². The maximum Gasteiger partial charge on any atom is 0.305 e. The van der Waals surface area contributed by atoms with Gasteiger partial charge in [-0.05, 0) is 25.7 Å². The van der Waals surface area contributed by atoms with E-state index in [-0.39, 0.29) is 5.97 Å². The average molecular weight is 210 g/mol. The van der Waals surface area contributed by atoms with Gasteiger partial charge < -0.3 is 4.74 Å². The molecule has 0 aromatic heterocycles. The molecule has 0 aromatic rings. The van der Waals surface area contributed by atoms with Crippen molar-refractivity contribution in [1.82, 2.24) is 0 Å². The van der Waals surface area contributed by atoms with E-state index in [2.05, 4.69) is 20.4 Å². The predicted molar refractivity (Wildman–Crippen MR) is 63.6 cm³/mol. The zero-order chi connectivity index (χ0) is 11.7. The van der Waals surface area contributed by atoms with Crippen LogP contribution >= 0.6 is 0 Å². The zero-order valence-corrected chi connectivity index (χ0v) is 10.1. The van der Waals surface area contributed by atoms with Crippen LogP contribution in [0.3, 0.4) is 0 Å². The second kappa shape index (κ2) is 8.27. The Morgan fingerprint density at radius 3 is 2.73 bits per heavy atom. The van der Waals surface area contributed by atoms with Gasteiger partial charge >= 0.3 is 5.97 Å². The van der Waals surface area contributed by atoms with Gasteiger partial charge in [0.05, 0.1) is 6.61 Å². The van der Waals surface area contributed by atoms with Crippen molar-refractivity contribution in [2.24, 2.45) is 5.92 Å². The SMILES string of the molecule is C=C/C=C(\C)CC(C)CCOC(=O)CC. The summed E-state index contributed by atoms with van der Waals surface area (Å²) in [5, 5.41) is 0. The predicted octanol–water partition coefficient (Wildman–Crippen LogP) is 3.49. The minimum absolute atomic E-state index is 0.111. The van der Waals surface area contributed by atoms with Crippen LogP contribution in [0.2, 0.25) is 0 Å².